The van der Waals surface area contributed by atoms with Crippen LogP contribution in [0.15, 0.2) is 24.3 Å². The molecule has 0 radical (unpaired) electrons. The van der Waals surface area contributed by atoms with Gasteiger partial charge in [-0.2, -0.15) is 5.26 Å². The molecule has 1 aliphatic rings. The van der Waals surface area contributed by atoms with E-state index in [0.29, 0.717) is 18.5 Å². The van der Waals surface area contributed by atoms with Gasteiger partial charge in [0.05, 0.1) is 18.5 Å². The zero-order chi connectivity index (χ0) is 18.6. The topological polar surface area (TPSA) is 151 Å². The molecule has 1 saturated heterocycles. The molecule has 0 spiro atoms. The van der Waals surface area contributed by atoms with Crippen molar-refractivity contribution in [2.24, 2.45) is 17.4 Å². The summed E-state index contributed by atoms with van der Waals surface area (Å²) in [7, 11) is 0. The molecule has 2 atom stereocenters. The number of amides is 2. The van der Waals surface area contributed by atoms with Gasteiger partial charge < -0.3 is 16.6 Å². The van der Waals surface area contributed by atoms with Gasteiger partial charge in [-0.3, -0.25) is 19.3 Å². The highest BCUT2D eigenvalue weighted by molar-refractivity contribution is 5.95. The number of benzene rings is 1. The van der Waals surface area contributed by atoms with E-state index in [1.165, 1.54) is 11.0 Å². The van der Waals surface area contributed by atoms with Crippen LogP contribution in [0.4, 0.5) is 0 Å². The number of carbonyl (C=O) groups excluding carboxylic acids is 2. The molecule has 8 heteroatoms. The Morgan fingerprint density at radius 1 is 1.32 bits per heavy atom. The Morgan fingerprint density at radius 2 is 2.00 bits per heavy atom. The molecule has 0 aromatic heterocycles. The summed E-state index contributed by atoms with van der Waals surface area (Å²) in [5, 5.41) is 18.9. The van der Waals surface area contributed by atoms with Crippen LogP contribution in [0.2, 0.25) is 0 Å². The molecule has 2 unspecified atom stereocenters. The lowest BCUT2D eigenvalue weighted by atomic mass is 9.76. The number of rotatable bonds is 7. The molecule has 2 rings (SSSR count). The molecule has 1 heterocycles. The van der Waals surface area contributed by atoms with Crippen LogP contribution < -0.4 is 11.5 Å². The summed E-state index contributed by atoms with van der Waals surface area (Å²) in [6.07, 6.45) is 0.703. The summed E-state index contributed by atoms with van der Waals surface area (Å²) in [6, 6.07) is 8.39. The molecule has 25 heavy (non-hydrogen) atoms. The normalized spacial score (nSPS) is 21.4. The fourth-order valence-electron chi connectivity index (χ4n) is 3.65. The van der Waals surface area contributed by atoms with Crippen molar-refractivity contribution in [2.45, 2.75) is 24.8 Å². The van der Waals surface area contributed by atoms with Gasteiger partial charge in [-0.25, -0.2) is 0 Å². The third-order valence-electron chi connectivity index (χ3n) is 4.81. The van der Waals surface area contributed by atoms with Gasteiger partial charge in [0, 0.05) is 12.1 Å². The molecule has 2 amide bonds. The number of carboxylic acid groups (broad SMARTS) is 1. The average molecular weight is 344 g/mol. The van der Waals surface area contributed by atoms with E-state index >= 15 is 0 Å². The minimum absolute atomic E-state index is 0.0390. The van der Waals surface area contributed by atoms with E-state index in [9.17, 15) is 19.5 Å². The highest BCUT2D eigenvalue weighted by atomic mass is 16.4. The first-order valence-electron chi connectivity index (χ1n) is 7.87. The molecule has 132 valence electrons. The lowest BCUT2D eigenvalue weighted by molar-refractivity contribution is -0.156. The summed E-state index contributed by atoms with van der Waals surface area (Å²) >= 11 is 0. The van der Waals surface area contributed by atoms with Crippen molar-refractivity contribution in [2.75, 3.05) is 13.1 Å². The van der Waals surface area contributed by atoms with Gasteiger partial charge in [-0.1, -0.05) is 18.2 Å². The number of hydrogen-bond donors (Lipinski definition) is 3. The van der Waals surface area contributed by atoms with Crippen LogP contribution in [0.5, 0.6) is 0 Å². The van der Waals surface area contributed by atoms with Crippen molar-refractivity contribution in [3.05, 3.63) is 35.4 Å². The van der Waals surface area contributed by atoms with E-state index in [0.717, 1.165) is 0 Å². The Morgan fingerprint density at radius 3 is 2.56 bits per heavy atom. The second-order valence-electron chi connectivity index (χ2n) is 6.09. The number of primary amides is 2. The smallest absolute Gasteiger partial charge is 0.325 e. The van der Waals surface area contributed by atoms with Crippen molar-refractivity contribution >= 4 is 17.8 Å². The number of likely N-dealkylation sites (tertiary alicyclic amines) is 1. The van der Waals surface area contributed by atoms with E-state index in [4.69, 9.17) is 16.7 Å². The fourth-order valence-corrected chi connectivity index (χ4v) is 3.65. The highest BCUT2D eigenvalue weighted by Crippen LogP contribution is 2.38. The standard InChI is InChI=1S/C17H20N4O4/c18-7-9-21-8-3-6-17(21,16(24)25)13(15(20)23)10-11-4-1-2-5-12(11)14(19)22/h1-2,4-5,13H,3,6,8-10H2,(H2,19,22)(H2,20,23)(H,24,25). The highest BCUT2D eigenvalue weighted by Gasteiger charge is 2.55. The van der Waals surface area contributed by atoms with Crippen LogP contribution in [0.3, 0.4) is 0 Å². The number of carbonyl (C=O) groups is 3. The van der Waals surface area contributed by atoms with Gasteiger partial charge in [0.15, 0.2) is 0 Å². The molecule has 0 bridgehead atoms. The van der Waals surface area contributed by atoms with Crippen LogP contribution in [0, 0.1) is 17.2 Å². The first-order valence-corrected chi connectivity index (χ1v) is 7.87. The molecule has 8 nitrogen and oxygen atoms in total. The molecule has 1 aliphatic heterocycles. The van der Waals surface area contributed by atoms with E-state index < -0.39 is 29.2 Å². The number of carboxylic acids is 1. The van der Waals surface area contributed by atoms with E-state index in [2.05, 4.69) is 0 Å². The number of nitriles is 1. The molecule has 1 fully saturated rings. The lowest BCUT2D eigenvalue weighted by Gasteiger charge is -2.38. The third-order valence-corrected chi connectivity index (χ3v) is 4.81. The SMILES string of the molecule is N#CCN1CCCC1(C(=O)O)C(Cc1ccccc1C(N)=O)C(N)=O. The van der Waals surface area contributed by atoms with Crippen LogP contribution in [0.1, 0.15) is 28.8 Å². The van der Waals surface area contributed by atoms with E-state index in [1.54, 1.807) is 18.2 Å². The van der Waals surface area contributed by atoms with Crippen molar-refractivity contribution in [1.29, 1.82) is 5.26 Å². The Hall–Kier alpha value is -2.92. The summed E-state index contributed by atoms with van der Waals surface area (Å²) in [5.41, 5.74) is 10.0. The summed E-state index contributed by atoms with van der Waals surface area (Å²) < 4.78 is 0. The minimum Gasteiger partial charge on any atom is -0.480 e. The van der Waals surface area contributed by atoms with Crippen LogP contribution in [-0.2, 0) is 16.0 Å². The van der Waals surface area contributed by atoms with Crippen LogP contribution >= 0.6 is 0 Å². The zero-order valence-corrected chi connectivity index (χ0v) is 13.6. The molecule has 0 aliphatic carbocycles. The molecular weight excluding hydrogens is 324 g/mol. The predicted octanol–water partition coefficient (Wildman–Crippen LogP) is -0.128. The van der Waals surface area contributed by atoms with Crippen molar-refractivity contribution in [1.82, 2.24) is 4.90 Å². The molecule has 1 aromatic carbocycles. The van der Waals surface area contributed by atoms with Gasteiger partial charge in [-0.15, -0.1) is 0 Å². The van der Waals surface area contributed by atoms with Gasteiger partial charge in [0.1, 0.15) is 5.54 Å². The minimum atomic E-state index is -1.56. The van der Waals surface area contributed by atoms with E-state index in [-0.39, 0.29) is 24.9 Å². The van der Waals surface area contributed by atoms with Gasteiger partial charge in [0.2, 0.25) is 11.8 Å². The van der Waals surface area contributed by atoms with Crippen molar-refractivity contribution in [3.8, 4) is 6.07 Å². The number of nitrogens with two attached hydrogens (primary N) is 2. The maximum Gasteiger partial charge on any atom is 0.325 e. The Bertz CT molecular complexity index is 742. The maximum atomic E-state index is 12.2. The van der Waals surface area contributed by atoms with Crippen LogP contribution in [0.25, 0.3) is 0 Å². The first-order chi connectivity index (χ1) is 11.8. The Balaban J connectivity index is 2.50. The van der Waals surface area contributed by atoms with E-state index in [1.807, 2.05) is 6.07 Å². The van der Waals surface area contributed by atoms with Crippen molar-refractivity contribution in [3.63, 3.8) is 0 Å². The average Bonchev–Trinajstić information content (AvgIpc) is 2.97. The van der Waals surface area contributed by atoms with Crippen molar-refractivity contribution < 1.29 is 19.5 Å². The summed E-state index contributed by atoms with van der Waals surface area (Å²) in [5.74, 6) is -3.74. The first kappa shape index (κ1) is 18.4. The number of aliphatic carboxylic acids is 1. The maximum absolute atomic E-state index is 12.2. The van der Waals surface area contributed by atoms with Gasteiger partial charge in [-0.05, 0) is 30.9 Å². The van der Waals surface area contributed by atoms with Gasteiger partial charge >= 0.3 is 5.97 Å². The molecule has 1 aromatic rings. The quantitative estimate of drug-likeness (QED) is 0.586. The van der Waals surface area contributed by atoms with Crippen LogP contribution in [-0.4, -0.2) is 46.4 Å². The Kier molecular flexibility index (Phi) is 5.39. The molecule has 0 saturated carbocycles. The molecule has 5 N–H and O–H groups in total. The largest absolute Gasteiger partial charge is 0.480 e. The second kappa shape index (κ2) is 7.32. The monoisotopic (exact) mass is 344 g/mol. The fraction of sp³-hybridized carbons (Fsp3) is 0.412. The number of nitrogens with zero attached hydrogens (tertiary/aromatic N) is 2. The third kappa shape index (κ3) is 3.32. The zero-order valence-electron chi connectivity index (χ0n) is 13.6. The second-order valence-corrected chi connectivity index (χ2v) is 6.09. The molecular formula is C17H20N4O4. The number of hydrogen-bond acceptors (Lipinski definition) is 5. The van der Waals surface area contributed by atoms with Gasteiger partial charge in [0.25, 0.3) is 0 Å². The summed E-state index contributed by atoms with van der Waals surface area (Å²) in [4.78, 5) is 37.4. The Labute approximate surface area is 145 Å². The summed E-state index contributed by atoms with van der Waals surface area (Å²) in [6.45, 7) is 0.272. The predicted molar refractivity (Wildman–Crippen MR) is 88.1 cm³/mol. The lowest BCUT2D eigenvalue weighted by Crippen LogP contribution is -2.60.